The fraction of sp³-hybridized carbons (Fsp3) is 0.500. The molecule has 1 aliphatic carbocycles. The molecular formula is C12H16N4O4. The second-order valence-electron chi connectivity index (χ2n) is 5.06. The highest BCUT2D eigenvalue weighted by Gasteiger charge is 2.30. The lowest BCUT2D eigenvalue weighted by Gasteiger charge is -2.34. The molecule has 0 spiro atoms. The van der Waals surface area contributed by atoms with Crippen LogP contribution in [-0.2, 0) is 0 Å². The number of aliphatic hydroxyl groups excluding tert-OH is 1. The van der Waals surface area contributed by atoms with Crippen LogP contribution < -0.4 is 5.73 Å². The third-order valence-corrected chi connectivity index (χ3v) is 3.43. The van der Waals surface area contributed by atoms with Crippen molar-refractivity contribution in [1.29, 1.82) is 0 Å². The topological polar surface area (TPSA) is 123 Å². The Balaban J connectivity index is 2.11. The minimum Gasteiger partial charge on any atom is -0.393 e. The lowest BCUT2D eigenvalue weighted by Crippen LogP contribution is -2.39. The molecule has 0 saturated heterocycles. The molecule has 8 nitrogen and oxygen atoms in total. The van der Waals surface area contributed by atoms with Crippen LogP contribution >= 0.6 is 0 Å². The third kappa shape index (κ3) is 2.85. The van der Waals surface area contributed by atoms with Gasteiger partial charge >= 0.3 is 0 Å². The minimum atomic E-state index is -0.620. The fourth-order valence-electron chi connectivity index (χ4n) is 2.26. The van der Waals surface area contributed by atoms with Gasteiger partial charge in [0.05, 0.1) is 16.6 Å². The molecule has 0 bridgehead atoms. The van der Waals surface area contributed by atoms with E-state index >= 15 is 0 Å². The maximum Gasteiger partial charge on any atom is 0.288 e. The van der Waals surface area contributed by atoms with E-state index in [9.17, 15) is 20.0 Å². The van der Waals surface area contributed by atoms with Gasteiger partial charge in [-0.3, -0.25) is 14.9 Å². The summed E-state index contributed by atoms with van der Waals surface area (Å²) in [4.78, 5) is 27.4. The van der Waals surface area contributed by atoms with Crippen LogP contribution in [0.1, 0.15) is 23.2 Å². The molecule has 0 aliphatic heterocycles. The van der Waals surface area contributed by atoms with E-state index in [0.29, 0.717) is 19.4 Å². The summed E-state index contributed by atoms with van der Waals surface area (Å²) in [6.07, 6.45) is 2.07. The van der Waals surface area contributed by atoms with Crippen molar-refractivity contribution >= 4 is 17.4 Å². The molecule has 1 heterocycles. The monoisotopic (exact) mass is 280 g/mol. The fourth-order valence-corrected chi connectivity index (χ4v) is 2.26. The van der Waals surface area contributed by atoms with Crippen LogP contribution in [0, 0.1) is 16.0 Å². The zero-order chi connectivity index (χ0) is 14.9. The Kier molecular flexibility index (Phi) is 3.84. The van der Waals surface area contributed by atoms with Gasteiger partial charge in [0.25, 0.3) is 11.6 Å². The zero-order valence-electron chi connectivity index (χ0n) is 11.0. The Morgan fingerprint density at radius 1 is 1.65 bits per heavy atom. The van der Waals surface area contributed by atoms with Crippen LogP contribution in [0.3, 0.4) is 0 Å². The predicted molar refractivity (Wildman–Crippen MR) is 71.0 cm³/mol. The Morgan fingerprint density at radius 3 is 2.85 bits per heavy atom. The number of nitrogens with two attached hydrogens (primary N) is 1. The summed E-state index contributed by atoms with van der Waals surface area (Å²) >= 11 is 0. The summed E-state index contributed by atoms with van der Waals surface area (Å²) in [7, 11) is 1.60. The van der Waals surface area contributed by atoms with Crippen LogP contribution in [0.2, 0.25) is 0 Å². The lowest BCUT2D eigenvalue weighted by atomic mass is 9.82. The number of nitrogen functional groups attached to an aromatic ring is 1. The first-order valence-corrected chi connectivity index (χ1v) is 6.22. The standard InChI is InChI=1S/C12H16N4O4/c1-15(6-7-2-9(17)3-7)12(18)10-4-8(16(19)20)5-14-11(10)13/h4-5,7,9,17H,2-3,6H2,1H3,(H2,13,14). The van der Waals surface area contributed by atoms with Crippen LogP contribution in [-0.4, -0.2) is 45.5 Å². The SMILES string of the molecule is CN(CC1CC(O)C1)C(=O)c1cc([N+](=O)[O-])cnc1N. The highest BCUT2D eigenvalue weighted by molar-refractivity contribution is 5.98. The van der Waals surface area contributed by atoms with Crippen LogP contribution in [0.15, 0.2) is 12.3 Å². The number of anilines is 1. The van der Waals surface area contributed by atoms with Crippen molar-refractivity contribution in [3.8, 4) is 0 Å². The number of pyridine rings is 1. The molecule has 3 N–H and O–H groups in total. The van der Waals surface area contributed by atoms with Gasteiger partial charge in [0.15, 0.2) is 0 Å². The van der Waals surface area contributed by atoms with E-state index in [4.69, 9.17) is 5.73 Å². The van der Waals surface area contributed by atoms with Gasteiger partial charge in [0, 0.05) is 19.7 Å². The predicted octanol–water partition coefficient (Wildman–Crippen LogP) is 0.415. The Labute approximate surface area is 115 Å². The van der Waals surface area contributed by atoms with Crippen molar-refractivity contribution < 1.29 is 14.8 Å². The Morgan fingerprint density at radius 2 is 2.30 bits per heavy atom. The summed E-state index contributed by atoms with van der Waals surface area (Å²) in [6.45, 7) is 0.484. The second kappa shape index (κ2) is 5.41. The number of hydrogen-bond donors (Lipinski definition) is 2. The van der Waals surface area contributed by atoms with Gasteiger partial charge in [-0.2, -0.15) is 0 Å². The summed E-state index contributed by atoms with van der Waals surface area (Å²) in [5, 5.41) is 19.9. The first-order chi connectivity index (χ1) is 9.38. The number of carbonyl (C=O) groups excluding carboxylic acids is 1. The minimum absolute atomic E-state index is 0.0268. The van der Waals surface area contributed by atoms with Crippen LogP contribution in [0.5, 0.6) is 0 Å². The molecule has 0 atom stereocenters. The molecule has 1 saturated carbocycles. The van der Waals surface area contributed by atoms with E-state index in [0.717, 1.165) is 12.3 Å². The van der Waals surface area contributed by atoms with E-state index in [1.807, 2.05) is 0 Å². The van der Waals surface area contributed by atoms with Crippen molar-refractivity contribution in [3.63, 3.8) is 0 Å². The van der Waals surface area contributed by atoms with Gasteiger partial charge in [-0.1, -0.05) is 0 Å². The van der Waals surface area contributed by atoms with E-state index in [1.165, 1.54) is 4.90 Å². The molecule has 20 heavy (non-hydrogen) atoms. The second-order valence-corrected chi connectivity index (χ2v) is 5.06. The Bertz CT molecular complexity index is 542. The Hall–Kier alpha value is -2.22. The molecule has 0 aromatic carbocycles. The molecule has 0 unspecified atom stereocenters. The third-order valence-electron chi connectivity index (χ3n) is 3.43. The average molecular weight is 280 g/mol. The van der Waals surface area contributed by atoms with Gasteiger partial charge in [-0.25, -0.2) is 4.98 Å². The molecule has 8 heteroatoms. The largest absolute Gasteiger partial charge is 0.393 e. The summed E-state index contributed by atoms with van der Waals surface area (Å²) in [5.41, 5.74) is 5.37. The number of aromatic nitrogens is 1. The molecule has 108 valence electrons. The molecule has 2 rings (SSSR count). The average Bonchev–Trinajstić information content (AvgIpc) is 2.36. The smallest absolute Gasteiger partial charge is 0.288 e. The van der Waals surface area contributed by atoms with E-state index in [-0.39, 0.29) is 29.1 Å². The van der Waals surface area contributed by atoms with Crippen LogP contribution in [0.4, 0.5) is 11.5 Å². The quantitative estimate of drug-likeness (QED) is 0.608. The normalized spacial score (nSPS) is 21.1. The maximum absolute atomic E-state index is 12.2. The number of carbonyl (C=O) groups is 1. The van der Waals surface area contributed by atoms with Crippen molar-refractivity contribution in [2.75, 3.05) is 19.3 Å². The molecular weight excluding hydrogens is 264 g/mol. The number of rotatable bonds is 4. The number of nitro groups is 1. The molecule has 1 fully saturated rings. The van der Waals surface area contributed by atoms with E-state index < -0.39 is 10.8 Å². The van der Waals surface area contributed by atoms with Crippen molar-refractivity contribution in [3.05, 3.63) is 27.9 Å². The number of nitrogens with zero attached hydrogens (tertiary/aromatic N) is 3. The summed E-state index contributed by atoms with van der Waals surface area (Å²) < 4.78 is 0. The first kappa shape index (κ1) is 14.2. The van der Waals surface area contributed by atoms with Gasteiger partial charge in [-0.05, 0) is 18.8 Å². The van der Waals surface area contributed by atoms with E-state index in [2.05, 4.69) is 4.98 Å². The summed E-state index contributed by atoms with van der Waals surface area (Å²) in [5.74, 6) is -0.173. The van der Waals surface area contributed by atoms with Crippen molar-refractivity contribution in [1.82, 2.24) is 9.88 Å². The molecule has 1 amide bonds. The molecule has 1 aromatic heterocycles. The number of amides is 1. The van der Waals surface area contributed by atoms with Gasteiger partial charge in [-0.15, -0.1) is 0 Å². The molecule has 0 radical (unpaired) electrons. The molecule has 1 aliphatic rings. The van der Waals surface area contributed by atoms with Gasteiger partial charge in [0.1, 0.15) is 12.0 Å². The van der Waals surface area contributed by atoms with Gasteiger partial charge < -0.3 is 15.7 Å². The first-order valence-electron chi connectivity index (χ1n) is 6.22. The lowest BCUT2D eigenvalue weighted by molar-refractivity contribution is -0.385. The van der Waals surface area contributed by atoms with Gasteiger partial charge in [0.2, 0.25) is 0 Å². The number of hydrogen-bond acceptors (Lipinski definition) is 6. The highest BCUT2D eigenvalue weighted by Crippen LogP contribution is 2.28. The zero-order valence-corrected chi connectivity index (χ0v) is 11.0. The molecule has 1 aromatic rings. The van der Waals surface area contributed by atoms with Crippen molar-refractivity contribution in [2.24, 2.45) is 5.92 Å². The maximum atomic E-state index is 12.2. The highest BCUT2D eigenvalue weighted by atomic mass is 16.6. The van der Waals surface area contributed by atoms with E-state index in [1.54, 1.807) is 7.05 Å². The number of aliphatic hydroxyl groups is 1. The van der Waals surface area contributed by atoms with Crippen molar-refractivity contribution in [2.45, 2.75) is 18.9 Å². The summed E-state index contributed by atoms with van der Waals surface area (Å²) in [6, 6.07) is 1.14. The van der Waals surface area contributed by atoms with Crippen LogP contribution in [0.25, 0.3) is 0 Å².